The summed E-state index contributed by atoms with van der Waals surface area (Å²) in [7, 11) is 0. The maximum atomic E-state index is 4.70. The van der Waals surface area contributed by atoms with Gasteiger partial charge in [0, 0.05) is 40.3 Å². The number of pyridine rings is 2. The molecule has 0 saturated heterocycles. The number of nitrogens with zero attached hydrogens (tertiary/aromatic N) is 3. The Bertz CT molecular complexity index is 1850. The predicted molar refractivity (Wildman–Crippen MR) is 161 cm³/mol. The molecule has 0 spiro atoms. The molecule has 0 atom stereocenters. The lowest BCUT2D eigenvalue weighted by Crippen LogP contribution is -2.11. The van der Waals surface area contributed by atoms with Crippen LogP contribution in [0.4, 0.5) is 17.1 Å². The molecule has 3 heteroatoms. The first-order chi connectivity index (χ1) is 19.2. The highest BCUT2D eigenvalue weighted by atomic mass is 15.1. The van der Waals surface area contributed by atoms with Crippen LogP contribution in [0.1, 0.15) is 11.1 Å². The van der Waals surface area contributed by atoms with Crippen molar-refractivity contribution in [2.45, 2.75) is 13.8 Å². The van der Waals surface area contributed by atoms with Crippen LogP contribution in [0, 0.1) is 13.8 Å². The highest BCUT2D eigenvalue weighted by Gasteiger charge is 2.26. The molecule has 0 bridgehead atoms. The maximum Gasteiger partial charge on any atom is 0.0705 e. The highest BCUT2D eigenvalue weighted by molar-refractivity contribution is 6.03. The van der Waals surface area contributed by atoms with Crippen LogP contribution in [-0.2, 0) is 0 Å². The fourth-order valence-electron chi connectivity index (χ4n) is 5.55. The van der Waals surface area contributed by atoms with Gasteiger partial charge >= 0.3 is 0 Å². The van der Waals surface area contributed by atoms with Gasteiger partial charge in [-0.2, -0.15) is 0 Å². The molecule has 7 rings (SSSR count). The van der Waals surface area contributed by atoms with E-state index in [2.05, 4.69) is 127 Å². The number of hydrogen-bond acceptors (Lipinski definition) is 3. The normalized spacial score (nSPS) is 11.8. The van der Waals surface area contributed by atoms with E-state index in [1.807, 2.05) is 24.5 Å². The Hall–Kier alpha value is -5.02. The second kappa shape index (κ2) is 9.38. The van der Waals surface area contributed by atoms with E-state index in [0.717, 1.165) is 39.6 Å². The van der Waals surface area contributed by atoms with Gasteiger partial charge in [0.1, 0.15) is 0 Å². The van der Waals surface area contributed by atoms with Gasteiger partial charge in [-0.25, -0.2) is 0 Å². The first-order valence-corrected chi connectivity index (χ1v) is 13.2. The van der Waals surface area contributed by atoms with Crippen molar-refractivity contribution in [2.24, 2.45) is 0 Å². The van der Waals surface area contributed by atoms with Crippen LogP contribution >= 0.6 is 0 Å². The van der Waals surface area contributed by atoms with Crippen LogP contribution in [0.15, 0.2) is 128 Å². The Morgan fingerprint density at radius 1 is 0.462 bits per heavy atom. The lowest BCUT2D eigenvalue weighted by atomic mass is 9.94. The molecular formula is C36H27N3. The van der Waals surface area contributed by atoms with Gasteiger partial charge in [-0.05, 0) is 84.6 Å². The molecule has 1 aliphatic heterocycles. The number of aromatic nitrogens is 2. The van der Waals surface area contributed by atoms with Crippen LogP contribution in [0.5, 0.6) is 0 Å². The maximum absolute atomic E-state index is 4.70. The van der Waals surface area contributed by atoms with Gasteiger partial charge < -0.3 is 4.90 Å². The van der Waals surface area contributed by atoms with Crippen molar-refractivity contribution in [2.75, 3.05) is 4.90 Å². The van der Waals surface area contributed by atoms with Gasteiger partial charge in [0.25, 0.3) is 0 Å². The molecule has 3 nitrogen and oxygen atoms in total. The van der Waals surface area contributed by atoms with Crippen molar-refractivity contribution in [3.63, 3.8) is 0 Å². The summed E-state index contributed by atoms with van der Waals surface area (Å²) in [4.78, 5) is 11.8. The van der Waals surface area contributed by atoms with Crippen LogP contribution in [-0.4, -0.2) is 9.97 Å². The fourth-order valence-corrected chi connectivity index (χ4v) is 5.55. The third kappa shape index (κ3) is 4.09. The Kier molecular flexibility index (Phi) is 5.56. The predicted octanol–water partition coefficient (Wildman–Crippen LogP) is 9.54. The summed E-state index contributed by atoms with van der Waals surface area (Å²) in [5.41, 5.74) is 14.7. The number of para-hydroxylation sites is 1. The number of fused-ring (bicyclic) bond motifs is 5. The van der Waals surface area contributed by atoms with E-state index < -0.39 is 0 Å². The first-order valence-electron chi connectivity index (χ1n) is 13.2. The van der Waals surface area contributed by atoms with Gasteiger partial charge in [0.2, 0.25) is 0 Å². The molecule has 0 aliphatic carbocycles. The zero-order valence-corrected chi connectivity index (χ0v) is 22.0. The molecule has 1 aliphatic rings. The minimum absolute atomic E-state index is 0.973. The van der Waals surface area contributed by atoms with E-state index in [1.54, 1.807) is 0 Å². The van der Waals surface area contributed by atoms with Gasteiger partial charge in [-0.1, -0.05) is 66.7 Å². The minimum atomic E-state index is 0.973. The molecule has 186 valence electrons. The average molecular weight is 502 g/mol. The molecule has 4 aromatic carbocycles. The Morgan fingerprint density at radius 3 is 1.72 bits per heavy atom. The quantitative estimate of drug-likeness (QED) is 0.241. The summed E-state index contributed by atoms with van der Waals surface area (Å²) in [5, 5.41) is 0. The third-order valence-electron chi connectivity index (χ3n) is 7.42. The Labute approximate surface area is 229 Å². The molecule has 0 amide bonds. The summed E-state index contributed by atoms with van der Waals surface area (Å²) in [5.74, 6) is 0. The van der Waals surface area contributed by atoms with Crippen molar-refractivity contribution >= 4 is 17.1 Å². The number of rotatable bonds is 3. The zero-order valence-electron chi connectivity index (χ0n) is 22.0. The minimum Gasteiger partial charge on any atom is -0.309 e. The third-order valence-corrected chi connectivity index (χ3v) is 7.42. The van der Waals surface area contributed by atoms with Crippen molar-refractivity contribution in [1.82, 2.24) is 9.97 Å². The van der Waals surface area contributed by atoms with E-state index >= 15 is 0 Å². The van der Waals surface area contributed by atoms with E-state index in [4.69, 9.17) is 4.98 Å². The molecule has 6 aromatic rings. The number of benzene rings is 4. The van der Waals surface area contributed by atoms with Crippen LogP contribution in [0.25, 0.3) is 44.8 Å². The summed E-state index contributed by atoms with van der Waals surface area (Å²) >= 11 is 0. The summed E-state index contributed by atoms with van der Waals surface area (Å²) in [6.07, 6.45) is 3.77. The monoisotopic (exact) mass is 501 g/mol. The van der Waals surface area contributed by atoms with Gasteiger partial charge in [0.15, 0.2) is 0 Å². The topological polar surface area (TPSA) is 29.0 Å². The zero-order chi connectivity index (χ0) is 26.3. The van der Waals surface area contributed by atoms with Gasteiger partial charge in [-0.3, -0.25) is 9.97 Å². The van der Waals surface area contributed by atoms with Crippen molar-refractivity contribution < 1.29 is 0 Å². The Balaban J connectivity index is 1.51. The van der Waals surface area contributed by atoms with Crippen LogP contribution in [0.3, 0.4) is 0 Å². The molecule has 3 heterocycles. The number of hydrogen-bond donors (Lipinski definition) is 0. The van der Waals surface area contributed by atoms with Crippen LogP contribution in [0.2, 0.25) is 0 Å². The first kappa shape index (κ1) is 23.1. The second-order valence-corrected chi connectivity index (χ2v) is 10.1. The molecule has 0 fully saturated rings. The lowest BCUT2D eigenvalue weighted by Gasteiger charge is -2.28. The van der Waals surface area contributed by atoms with E-state index in [9.17, 15) is 0 Å². The molecule has 0 N–H and O–H groups in total. The molecular weight excluding hydrogens is 474 g/mol. The number of anilines is 3. The molecule has 0 saturated carbocycles. The van der Waals surface area contributed by atoms with E-state index in [0.29, 0.717) is 0 Å². The highest BCUT2D eigenvalue weighted by Crippen LogP contribution is 2.51. The van der Waals surface area contributed by atoms with E-state index in [-0.39, 0.29) is 0 Å². The SMILES string of the molecule is Cc1ccnc(-c2cccc(N3c4ccccc4-c4ccccc4-c4ccc(-c5cc(C)ccn5)cc43)c2)c1. The summed E-state index contributed by atoms with van der Waals surface area (Å²) < 4.78 is 0. The standard InChI is InChI=1S/C36H27N3/c1-24-16-18-37-33(20-24)26-8-7-9-28(22-26)39-35-13-6-5-12-31(35)29-10-3-4-11-30(29)32-15-14-27(23-36(32)39)34-21-25(2)17-19-38-34/h3-23H,1-2H3. The van der Waals surface area contributed by atoms with Crippen LogP contribution < -0.4 is 4.90 Å². The molecule has 0 unspecified atom stereocenters. The Morgan fingerprint density at radius 2 is 1.05 bits per heavy atom. The fraction of sp³-hybridized carbons (Fsp3) is 0.0556. The molecule has 39 heavy (non-hydrogen) atoms. The average Bonchev–Trinajstić information content (AvgIpc) is 3.10. The number of aryl methyl sites for hydroxylation is 2. The lowest BCUT2D eigenvalue weighted by molar-refractivity contribution is 1.26. The van der Waals surface area contributed by atoms with Gasteiger partial charge in [-0.15, -0.1) is 0 Å². The molecule has 2 aromatic heterocycles. The summed E-state index contributed by atoms with van der Waals surface area (Å²) in [6, 6.07) is 41.2. The second-order valence-electron chi connectivity index (χ2n) is 10.1. The van der Waals surface area contributed by atoms with Crippen molar-refractivity contribution in [1.29, 1.82) is 0 Å². The van der Waals surface area contributed by atoms with Crippen molar-refractivity contribution in [3.8, 4) is 44.8 Å². The van der Waals surface area contributed by atoms with Gasteiger partial charge in [0.05, 0.1) is 22.8 Å². The largest absolute Gasteiger partial charge is 0.309 e. The van der Waals surface area contributed by atoms with E-state index in [1.165, 1.54) is 33.4 Å². The molecule has 0 radical (unpaired) electrons. The smallest absolute Gasteiger partial charge is 0.0705 e. The summed E-state index contributed by atoms with van der Waals surface area (Å²) in [6.45, 7) is 4.21. The van der Waals surface area contributed by atoms with Crippen molar-refractivity contribution in [3.05, 3.63) is 139 Å².